The van der Waals surface area contributed by atoms with Crippen molar-refractivity contribution < 1.29 is 9.53 Å². The van der Waals surface area contributed by atoms with Crippen molar-refractivity contribution in [3.63, 3.8) is 0 Å². The van der Waals surface area contributed by atoms with Crippen LogP contribution in [0.25, 0.3) is 5.65 Å². The Morgan fingerprint density at radius 2 is 2.08 bits per heavy atom. The molecule has 26 heavy (non-hydrogen) atoms. The molecule has 0 unspecified atom stereocenters. The molecule has 0 aromatic carbocycles. The van der Waals surface area contributed by atoms with E-state index in [1.807, 2.05) is 30.2 Å². The van der Waals surface area contributed by atoms with Crippen molar-refractivity contribution in [1.29, 1.82) is 0 Å². The van der Waals surface area contributed by atoms with Crippen molar-refractivity contribution in [2.75, 3.05) is 19.7 Å². The predicted octanol–water partition coefficient (Wildman–Crippen LogP) is 1.10. The minimum absolute atomic E-state index is 0.0555. The van der Waals surface area contributed by atoms with Crippen LogP contribution < -0.4 is 4.74 Å². The van der Waals surface area contributed by atoms with Crippen molar-refractivity contribution in [3.8, 4) is 5.88 Å². The zero-order valence-corrected chi connectivity index (χ0v) is 14.9. The van der Waals surface area contributed by atoms with E-state index in [9.17, 15) is 4.79 Å². The first-order valence-electron chi connectivity index (χ1n) is 8.70. The van der Waals surface area contributed by atoms with Gasteiger partial charge >= 0.3 is 0 Å². The number of carbonyl (C=O) groups is 1. The van der Waals surface area contributed by atoms with Crippen LogP contribution in [0.3, 0.4) is 0 Å². The first-order valence-corrected chi connectivity index (χ1v) is 8.70. The molecule has 1 amide bonds. The van der Waals surface area contributed by atoms with Gasteiger partial charge in [0.25, 0.3) is 5.91 Å². The molecule has 4 heterocycles. The number of amides is 1. The van der Waals surface area contributed by atoms with Gasteiger partial charge in [0.05, 0.1) is 24.7 Å². The van der Waals surface area contributed by atoms with E-state index in [2.05, 4.69) is 20.4 Å². The van der Waals surface area contributed by atoms with Gasteiger partial charge in [-0.3, -0.25) is 9.48 Å². The summed E-state index contributed by atoms with van der Waals surface area (Å²) in [5.41, 5.74) is 2.14. The normalized spacial score (nSPS) is 15.5. The Morgan fingerprint density at radius 1 is 1.27 bits per heavy atom. The van der Waals surface area contributed by atoms with Gasteiger partial charge in [0, 0.05) is 26.2 Å². The number of fused-ring (bicyclic) bond motifs is 1. The molecule has 1 saturated heterocycles. The third-order valence-electron chi connectivity index (χ3n) is 4.61. The van der Waals surface area contributed by atoms with Crippen LogP contribution in [0.1, 0.15) is 29.0 Å². The van der Waals surface area contributed by atoms with Crippen LogP contribution in [0.5, 0.6) is 5.88 Å². The first kappa shape index (κ1) is 16.5. The molecule has 0 saturated carbocycles. The van der Waals surface area contributed by atoms with E-state index in [4.69, 9.17) is 4.74 Å². The minimum Gasteiger partial charge on any atom is -0.476 e. The lowest BCUT2D eigenvalue weighted by Gasteiger charge is -2.31. The van der Waals surface area contributed by atoms with Gasteiger partial charge < -0.3 is 9.64 Å². The smallest absolute Gasteiger partial charge is 0.276 e. The highest BCUT2D eigenvalue weighted by Crippen LogP contribution is 2.20. The second kappa shape index (κ2) is 6.74. The van der Waals surface area contributed by atoms with Crippen LogP contribution in [-0.2, 0) is 7.05 Å². The lowest BCUT2D eigenvalue weighted by atomic mass is 9.97. The van der Waals surface area contributed by atoms with Crippen molar-refractivity contribution in [3.05, 3.63) is 35.9 Å². The average Bonchev–Trinajstić information content (AvgIpc) is 3.24. The number of carbonyl (C=O) groups excluding carboxylic acids is 1. The first-order chi connectivity index (χ1) is 12.6. The zero-order valence-electron chi connectivity index (χ0n) is 14.9. The lowest BCUT2D eigenvalue weighted by molar-refractivity contribution is 0.0653. The molecule has 1 aliphatic heterocycles. The largest absolute Gasteiger partial charge is 0.476 e. The number of hydrogen-bond acceptors (Lipinski definition) is 6. The summed E-state index contributed by atoms with van der Waals surface area (Å²) in [5, 5.41) is 12.1. The monoisotopic (exact) mass is 355 g/mol. The van der Waals surface area contributed by atoms with Crippen molar-refractivity contribution >= 4 is 11.6 Å². The molecule has 0 bridgehead atoms. The highest BCUT2D eigenvalue weighted by molar-refractivity contribution is 5.91. The molecule has 3 aromatic heterocycles. The van der Waals surface area contributed by atoms with Crippen LogP contribution in [0.4, 0.5) is 0 Å². The van der Waals surface area contributed by atoms with E-state index < -0.39 is 0 Å². The van der Waals surface area contributed by atoms with E-state index in [0.29, 0.717) is 37.2 Å². The second-order valence-electron chi connectivity index (χ2n) is 6.68. The Labute approximate surface area is 150 Å². The Balaban J connectivity index is 1.30. The topological polar surface area (TPSA) is 90.4 Å². The molecule has 3 aromatic rings. The minimum atomic E-state index is -0.0555. The number of rotatable bonds is 4. The fraction of sp³-hybridized carbons (Fsp3) is 0.471. The molecule has 1 fully saturated rings. The third-order valence-corrected chi connectivity index (χ3v) is 4.61. The van der Waals surface area contributed by atoms with Gasteiger partial charge in [0.15, 0.2) is 11.3 Å². The van der Waals surface area contributed by atoms with Gasteiger partial charge in [-0.05, 0) is 31.7 Å². The van der Waals surface area contributed by atoms with Gasteiger partial charge in [-0.15, -0.1) is 10.2 Å². The summed E-state index contributed by atoms with van der Waals surface area (Å²) in [6.07, 6.45) is 5.33. The lowest BCUT2D eigenvalue weighted by Crippen LogP contribution is -2.39. The van der Waals surface area contributed by atoms with Crippen molar-refractivity contribution in [2.24, 2.45) is 13.0 Å². The van der Waals surface area contributed by atoms with Crippen LogP contribution in [-0.4, -0.2) is 60.1 Å². The van der Waals surface area contributed by atoms with Gasteiger partial charge in [0.1, 0.15) is 0 Å². The number of imidazole rings is 1. The Hall–Kier alpha value is -2.97. The van der Waals surface area contributed by atoms with Crippen LogP contribution in [0.2, 0.25) is 0 Å². The van der Waals surface area contributed by atoms with Gasteiger partial charge in [-0.25, -0.2) is 9.50 Å². The van der Waals surface area contributed by atoms with E-state index in [-0.39, 0.29) is 5.91 Å². The average molecular weight is 355 g/mol. The maximum Gasteiger partial charge on any atom is 0.276 e. The zero-order chi connectivity index (χ0) is 18.1. The standard InChI is InChI=1S/C17H21N7O2/c1-12-9-24-15(18-12)3-4-16(20-24)26-11-13-5-7-23(8-6-13)17(25)14-10-22(2)21-19-14/h3-4,9-10,13H,5-8,11H2,1-2H3. The molecule has 1 aliphatic rings. The van der Waals surface area contributed by atoms with Crippen LogP contribution in [0.15, 0.2) is 24.5 Å². The fourth-order valence-corrected chi connectivity index (χ4v) is 3.17. The highest BCUT2D eigenvalue weighted by atomic mass is 16.5. The van der Waals surface area contributed by atoms with Crippen molar-refractivity contribution in [2.45, 2.75) is 19.8 Å². The maximum atomic E-state index is 12.4. The Morgan fingerprint density at radius 3 is 2.81 bits per heavy atom. The summed E-state index contributed by atoms with van der Waals surface area (Å²) in [5.74, 6) is 0.941. The number of piperidine rings is 1. The molecule has 9 heteroatoms. The SMILES string of the molecule is Cc1cn2nc(OCC3CCN(C(=O)c4cn(C)nn4)CC3)ccc2n1. The van der Waals surface area contributed by atoms with E-state index in [0.717, 1.165) is 24.2 Å². The number of aromatic nitrogens is 6. The highest BCUT2D eigenvalue weighted by Gasteiger charge is 2.25. The quantitative estimate of drug-likeness (QED) is 0.696. The molecule has 0 radical (unpaired) electrons. The number of ether oxygens (including phenoxy) is 1. The fourth-order valence-electron chi connectivity index (χ4n) is 3.17. The molecular weight excluding hydrogens is 334 g/mol. The molecular formula is C17H21N7O2. The summed E-state index contributed by atoms with van der Waals surface area (Å²) in [7, 11) is 1.75. The molecule has 0 atom stereocenters. The van der Waals surface area contributed by atoms with Crippen molar-refractivity contribution in [1.82, 2.24) is 34.5 Å². The summed E-state index contributed by atoms with van der Waals surface area (Å²) in [4.78, 5) is 18.6. The number of nitrogens with zero attached hydrogens (tertiary/aromatic N) is 7. The molecule has 9 nitrogen and oxygen atoms in total. The summed E-state index contributed by atoms with van der Waals surface area (Å²) >= 11 is 0. The van der Waals surface area contributed by atoms with E-state index in [1.165, 1.54) is 0 Å². The van der Waals surface area contributed by atoms with Gasteiger partial charge in [-0.2, -0.15) is 0 Å². The number of likely N-dealkylation sites (tertiary alicyclic amines) is 1. The predicted molar refractivity (Wildman–Crippen MR) is 92.8 cm³/mol. The van der Waals surface area contributed by atoms with E-state index >= 15 is 0 Å². The second-order valence-corrected chi connectivity index (χ2v) is 6.68. The summed E-state index contributed by atoms with van der Waals surface area (Å²) in [6.45, 7) is 3.94. The summed E-state index contributed by atoms with van der Waals surface area (Å²) in [6, 6.07) is 3.74. The molecule has 0 spiro atoms. The number of aryl methyl sites for hydroxylation is 2. The summed E-state index contributed by atoms with van der Waals surface area (Å²) < 4.78 is 9.13. The third kappa shape index (κ3) is 3.37. The van der Waals surface area contributed by atoms with E-state index in [1.54, 1.807) is 22.4 Å². The van der Waals surface area contributed by atoms with Crippen LogP contribution in [0, 0.1) is 12.8 Å². The van der Waals surface area contributed by atoms with Gasteiger partial charge in [0.2, 0.25) is 5.88 Å². The maximum absolute atomic E-state index is 12.4. The molecule has 0 N–H and O–H groups in total. The Bertz CT molecular complexity index is 924. The molecule has 136 valence electrons. The Kier molecular flexibility index (Phi) is 4.27. The number of hydrogen-bond donors (Lipinski definition) is 0. The van der Waals surface area contributed by atoms with Gasteiger partial charge in [-0.1, -0.05) is 5.21 Å². The van der Waals surface area contributed by atoms with Crippen LogP contribution >= 0.6 is 0 Å². The molecule has 4 rings (SSSR count). The molecule has 0 aliphatic carbocycles.